The lowest BCUT2D eigenvalue weighted by molar-refractivity contribution is -0.126. The molecule has 0 bridgehead atoms. The summed E-state index contributed by atoms with van der Waals surface area (Å²) in [5.74, 6) is 1.17. The highest BCUT2D eigenvalue weighted by molar-refractivity contribution is 5.80. The van der Waals surface area contributed by atoms with Gasteiger partial charge in [-0.3, -0.25) is 4.79 Å². The molecule has 0 saturated heterocycles. The van der Waals surface area contributed by atoms with Gasteiger partial charge in [-0.25, -0.2) is 0 Å². The molecule has 0 spiro atoms. The van der Waals surface area contributed by atoms with Crippen LogP contribution in [0, 0.1) is 0 Å². The maximum absolute atomic E-state index is 11.5. The fourth-order valence-corrected chi connectivity index (χ4v) is 2.42. The Labute approximate surface area is 119 Å². The zero-order valence-corrected chi connectivity index (χ0v) is 12.4. The van der Waals surface area contributed by atoms with Crippen LogP contribution in [0.4, 0.5) is 0 Å². The standard InChI is InChI=1S/C15H22N2O3/c1-9(14(18)17-4)19-10-5-6-11-12(16)8-15(2,3)20-13(11)7-10/h5-7,9,12H,8,16H2,1-4H3,(H,17,18). The minimum Gasteiger partial charge on any atom is -0.487 e. The molecule has 1 aliphatic heterocycles. The maximum Gasteiger partial charge on any atom is 0.260 e. The molecule has 0 aliphatic carbocycles. The molecule has 2 atom stereocenters. The third-order valence-electron chi connectivity index (χ3n) is 3.41. The van der Waals surface area contributed by atoms with Crippen LogP contribution in [0.5, 0.6) is 11.5 Å². The molecular formula is C15H22N2O3. The van der Waals surface area contributed by atoms with Crippen LogP contribution in [0.3, 0.4) is 0 Å². The fourth-order valence-electron chi connectivity index (χ4n) is 2.42. The minimum atomic E-state index is -0.552. The van der Waals surface area contributed by atoms with Crippen molar-refractivity contribution < 1.29 is 14.3 Å². The highest BCUT2D eigenvalue weighted by Gasteiger charge is 2.32. The van der Waals surface area contributed by atoms with Crippen molar-refractivity contribution in [2.45, 2.75) is 44.9 Å². The highest BCUT2D eigenvalue weighted by atomic mass is 16.5. The second-order valence-corrected chi connectivity index (χ2v) is 5.75. The number of amides is 1. The predicted octanol–water partition coefficient (Wildman–Crippen LogP) is 1.76. The molecule has 0 radical (unpaired) electrons. The Bertz CT molecular complexity index is 514. The number of ether oxygens (including phenoxy) is 2. The third-order valence-corrected chi connectivity index (χ3v) is 3.41. The van der Waals surface area contributed by atoms with Crippen molar-refractivity contribution in [3.8, 4) is 11.5 Å². The van der Waals surface area contributed by atoms with E-state index in [4.69, 9.17) is 15.2 Å². The molecule has 1 heterocycles. The minimum absolute atomic E-state index is 0.0424. The van der Waals surface area contributed by atoms with Gasteiger partial charge in [0.05, 0.1) is 0 Å². The summed E-state index contributed by atoms with van der Waals surface area (Å²) in [6.45, 7) is 5.72. The van der Waals surface area contributed by atoms with Crippen LogP contribution in [0.15, 0.2) is 18.2 Å². The molecule has 5 heteroatoms. The first-order chi connectivity index (χ1) is 9.32. The second kappa shape index (κ2) is 5.32. The quantitative estimate of drug-likeness (QED) is 0.883. The van der Waals surface area contributed by atoms with Crippen LogP contribution >= 0.6 is 0 Å². The first-order valence-corrected chi connectivity index (χ1v) is 6.79. The SMILES string of the molecule is CNC(=O)C(C)Oc1ccc2c(c1)OC(C)(C)CC2N. The largest absolute Gasteiger partial charge is 0.487 e. The fraction of sp³-hybridized carbons (Fsp3) is 0.533. The molecule has 1 aliphatic rings. The number of rotatable bonds is 3. The van der Waals surface area contributed by atoms with Gasteiger partial charge >= 0.3 is 0 Å². The van der Waals surface area contributed by atoms with E-state index in [0.29, 0.717) is 5.75 Å². The first-order valence-electron chi connectivity index (χ1n) is 6.79. The Balaban J connectivity index is 2.21. The van der Waals surface area contributed by atoms with Crippen molar-refractivity contribution in [3.05, 3.63) is 23.8 Å². The van der Waals surface area contributed by atoms with E-state index in [2.05, 4.69) is 5.32 Å². The zero-order chi connectivity index (χ0) is 14.9. The molecule has 0 aromatic heterocycles. The summed E-state index contributed by atoms with van der Waals surface area (Å²) in [6, 6.07) is 5.48. The van der Waals surface area contributed by atoms with Crippen molar-refractivity contribution >= 4 is 5.91 Å². The van der Waals surface area contributed by atoms with Gasteiger partial charge in [0.2, 0.25) is 0 Å². The van der Waals surface area contributed by atoms with E-state index in [1.807, 2.05) is 26.0 Å². The van der Waals surface area contributed by atoms with Gasteiger partial charge in [0.15, 0.2) is 6.10 Å². The Kier molecular flexibility index (Phi) is 3.90. The van der Waals surface area contributed by atoms with E-state index in [1.54, 1.807) is 20.0 Å². The number of hydrogen-bond donors (Lipinski definition) is 2. The molecular weight excluding hydrogens is 256 g/mol. The monoisotopic (exact) mass is 278 g/mol. The number of benzene rings is 1. The van der Waals surface area contributed by atoms with E-state index in [1.165, 1.54) is 0 Å². The van der Waals surface area contributed by atoms with Crippen molar-refractivity contribution in [1.82, 2.24) is 5.32 Å². The smallest absolute Gasteiger partial charge is 0.260 e. The number of nitrogens with one attached hydrogen (secondary N) is 1. The molecule has 20 heavy (non-hydrogen) atoms. The summed E-state index contributed by atoms with van der Waals surface area (Å²) in [4.78, 5) is 11.5. The van der Waals surface area contributed by atoms with Gasteiger partial charge in [-0.15, -0.1) is 0 Å². The lowest BCUT2D eigenvalue weighted by Gasteiger charge is -2.36. The van der Waals surface area contributed by atoms with Crippen molar-refractivity contribution in [2.75, 3.05) is 7.05 Å². The van der Waals surface area contributed by atoms with E-state index < -0.39 is 6.10 Å². The Hall–Kier alpha value is -1.75. The van der Waals surface area contributed by atoms with Crippen LogP contribution in [-0.4, -0.2) is 24.7 Å². The van der Waals surface area contributed by atoms with Gasteiger partial charge < -0.3 is 20.5 Å². The number of carbonyl (C=O) groups excluding carboxylic acids is 1. The number of carbonyl (C=O) groups is 1. The topological polar surface area (TPSA) is 73.6 Å². The number of likely N-dealkylation sites (N-methyl/N-ethyl adjacent to an activating group) is 1. The Morgan fingerprint density at radius 1 is 1.55 bits per heavy atom. The van der Waals surface area contributed by atoms with Gasteiger partial charge in [-0.1, -0.05) is 6.07 Å². The Morgan fingerprint density at radius 2 is 2.25 bits per heavy atom. The summed E-state index contributed by atoms with van der Waals surface area (Å²) < 4.78 is 11.5. The number of fused-ring (bicyclic) bond motifs is 1. The highest BCUT2D eigenvalue weighted by Crippen LogP contribution is 2.40. The zero-order valence-electron chi connectivity index (χ0n) is 12.4. The summed E-state index contributed by atoms with van der Waals surface area (Å²) >= 11 is 0. The molecule has 1 aromatic rings. The van der Waals surface area contributed by atoms with Crippen LogP contribution < -0.4 is 20.5 Å². The normalized spacial score (nSPS) is 21.4. The third kappa shape index (κ3) is 3.04. The summed E-state index contributed by atoms with van der Waals surface area (Å²) in [6.07, 6.45) is 0.220. The van der Waals surface area contributed by atoms with Gasteiger partial charge in [-0.05, 0) is 26.8 Å². The number of hydrogen-bond acceptors (Lipinski definition) is 4. The lowest BCUT2D eigenvalue weighted by atomic mass is 9.90. The van der Waals surface area contributed by atoms with Crippen LogP contribution in [0.25, 0.3) is 0 Å². The molecule has 0 fully saturated rings. The van der Waals surface area contributed by atoms with Crippen molar-refractivity contribution in [3.63, 3.8) is 0 Å². The van der Waals surface area contributed by atoms with E-state index in [0.717, 1.165) is 17.7 Å². The molecule has 1 aromatic carbocycles. The van der Waals surface area contributed by atoms with Gasteiger partial charge in [0.25, 0.3) is 5.91 Å². The van der Waals surface area contributed by atoms with Gasteiger partial charge in [0.1, 0.15) is 17.1 Å². The Morgan fingerprint density at radius 3 is 2.90 bits per heavy atom. The van der Waals surface area contributed by atoms with E-state index >= 15 is 0 Å². The molecule has 3 N–H and O–H groups in total. The molecule has 2 unspecified atom stereocenters. The summed E-state index contributed by atoms with van der Waals surface area (Å²) in [7, 11) is 1.58. The van der Waals surface area contributed by atoms with Crippen LogP contribution in [0.2, 0.25) is 0 Å². The number of nitrogens with two attached hydrogens (primary N) is 1. The predicted molar refractivity (Wildman–Crippen MR) is 76.9 cm³/mol. The van der Waals surface area contributed by atoms with E-state index in [9.17, 15) is 4.79 Å². The maximum atomic E-state index is 11.5. The van der Waals surface area contributed by atoms with Crippen molar-refractivity contribution in [1.29, 1.82) is 0 Å². The van der Waals surface area contributed by atoms with Gasteiger partial charge in [0, 0.05) is 31.1 Å². The lowest BCUT2D eigenvalue weighted by Crippen LogP contribution is -2.37. The molecule has 0 saturated carbocycles. The molecule has 110 valence electrons. The summed E-state index contributed by atoms with van der Waals surface area (Å²) in [5, 5.41) is 2.55. The summed E-state index contributed by atoms with van der Waals surface area (Å²) in [5.41, 5.74) is 6.84. The van der Waals surface area contributed by atoms with Crippen LogP contribution in [-0.2, 0) is 4.79 Å². The second-order valence-electron chi connectivity index (χ2n) is 5.75. The van der Waals surface area contributed by atoms with E-state index in [-0.39, 0.29) is 17.6 Å². The van der Waals surface area contributed by atoms with Crippen LogP contribution in [0.1, 0.15) is 38.8 Å². The average Bonchev–Trinajstić information content (AvgIpc) is 2.35. The molecule has 1 amide bonds. The average molecular weight is 278 g/mol. The molecule has 5 nitrogen and oxygen atoms in total. The first kappa shape index (κ1) is 14.7. The van der Waals surface area contributed by atoms with Gasteiger partial charge in [-0.2, -0.15) is 0 Å². The van der Waals surface area contributed by atoms with Crippen molar-refractivity contribution in [2.24, 2.45) is 5.73 Å². The molecule has 2 rings (SSSR count).